The van der Waals surface area contributed by atoms with Crippen molar-refractivity contribution in [2.45, 2.75) is 18.4 Å². The lowest BCUT2D eigenvalue weighted by atomic mass is 9.98. The molecule has 3 aromatic carbocycles. The van der Waals surface area contributed by atoms with Gasteiger partial charge in [0.05, 0.1) is 24.1 Å². The molecule has 1 aliphatic carbocycles. The van der Waals surface area contributed by atoms with Crippen LogP contribution in [-0.2, 0) is 9.53 Å². The topological polar surface area (TPSA) is 99.4 Å². The molecule has 4 rings (SSSR count). The lowest BCUT2D eigenvalue weighted by molar-refractivity contribution is -0.137. The van der Waals surface area contributed by atoms with Crippen LogP contribution in [0.25, 0.3) is 11.1 Å². The first kappa shape index (κ1) is 20.2. The second-order valence-electron chi connectivity index (χ2n) is 7.36. The minimum atomic E-state index is -1.06. The van der Waals surface area contributed by atoms with Crippen LogP contribution in [0.3, 0.4) is 0 Å². The number of carbonyl (C=O) groups excluding carboxylic acids is 1. The summed E-state index contributed by atoms with van der Waals surface area (Å²) >= 11 is 0. The zero-order valence-electron chi connectivity index (χ0n) is 16.6. The third kappa shape index (κ3) is 4.26. The largest absolute Gasteiger partial charge is 0.481 e. The highest BCUT2D eigenvalue weighted by atomic mass is 16.5. The molecule has 0 saturated heterocycles. The van der Waals surface area contributed by atoms with Crippen molar-refractivity contribution in [3.05, 3.63) is 95.1 Å². The zero-order chi connectivity index (χ0) is 21.8. The van der Waals surface area contributed by atoms with Crippen LogP contribution >= 0.6 is 0 Å². The molecule has 0 saturated carbocycles. The maximum atomic E-state index is 12.6. The number of benzene rings is 3. The van der Waals surface area contributed by atoms with Crippen molar-refractivity contribution in [1.82, 2.24) is 5.32 Å². The van der Waals surface area contributed by atoms with Gasteiger partial charge in [0.2, 0.25) is 0 Å². The molecule has 0 aromatic heterocycles. The molecular formula is C25H20N2O4. The summed E-state index contributed by atoms with van der Waals surface area (Å²) in [5.74, 6) is -1.15. The quantitative estimate of drug-likeness (QED) is 0.616. The minimum Gasteiger partial charge on any atom is -0.481 e. The number of nitrogens with zero attached hydrogens (tertiary/aromatic N) is 1. The molecule has 0 fully saturated rings. The predicted molar refractivity (Wildman–Crippen MR) is 114 cm³/mol. The van der Waals surface area contributed by atoms with E-state index in [4.69, 9.17) is 10.00 Å². The van der Waals surface area contributed by atoms with E-state index in [0.29, 0.717) is 11.1 Å². The first-order chi connectivity index (χ1) is 15.1. The Labute approximate surface area is 179 Å². The summed E-state index contributed by atoms with van der Waals surface area (Å²) in [5.41, 5.74) is 5.38. The molecule has 1 atom stereocenters. The Balaban J connectivity index is 1.49. The highest BCUT2D eigenvalue weighted by molar-refractivity contribution is 5.79. The number of carboxylic acids is 1. The van der Waals surface area contributed by atoms with Gasteiger partial charge in [0, 0.05) is 5.92 Å². The van der Waals surface area contributed by atoms with Crippen LogP contribution in [0.15, 0.2) is 72.8 Å². The van der Waals surface area contributed by atoms with Crippen LogP contribution in [0.5, 0.6) is 0 Å². The fraction of sp³-hybridized carbons (Fsp3) is 0.160. The number of hydrogen-bond acceptors (Lipinski definition) is 4. The van der Waals surface area contributed by atoms with Gasteiger partial charge in [-0.1, -0.05) is 60.7 Å². The molecule has 0 unspecified atom stereocenters. The van der Waals surface area contributed by atoms with Crippen molar-refractivity contribution in [3.8, 4) is 17.2 Å². The van der Waals surface area contributed by atoms with E-state index in [2.05, 4.69) is 17.4 Å². The SMILES string of the molecule is N#Cc1cccc([C@@H](CC(=O)O)NC(=O)OCC2c3ccccc3-c3ccccc32)c1. The summed E-state index contributed by atoms with van der Waals surface area (Å²) in [6.45, 7) is 0.137. The smallest absolute Gasteiger partial charge is 0.407 e. The van der Waals surface area contributed by atoms with E-state index in [1.165, 1.54) is 0 Å². The van der Waals surface area contributed by atoms with Crippen molar-refractivity contribution in [2.24, 2.45) is 0 Å². The Hall–Kier alpha value is -4.11. The van der Waals surface area contributed by atoms with Crippen molar-refractivity contribution in [1.29, 1.82) is 5.26 Å². The lowest BCUT2D eigenvalue weighted by Crippen LogP contribution is -2.31. The summed E-state index contributed by atoms with van der Waals surface area (Å²) in [7, 11) is 0. The average molecular weight is 412 g/mol. The molecule has 0 aliphatic heterocycles. The van der Waals surface area contributed by atoms with Crippen molar-refractivity contribution in [2.75, 3.05) is 6.61 Å². The standard InChI is InChI=1S/C25H20N2O4/c26-14-16-6-5-7-17(12-16)23(13-24(28)29)27-25(30)31-15-22-20-10-3-1-8-18(20)19-9-2-4-11-21(19)22/h1-12,22-23H,13,15H2,(H,27,30)(H,28,29)/t23-/m1/s1. The van der Waals surface area contributed by atoms with E-state index in [9.17, 15) is 14.7 Å². The average Bonchev–Trinajstić information content (AvgIpc) is 3.11. The number of carboxylic acid groups (broad SMARTS) is 1. The molecule has 31 heavy (non-hydrogen) atoms. The highest BCUT2D eigenvalue weighted by Gasteiger charge is 2.29. The van der Waals surface area contributed by atoms with Gasteiger partial charge in [0.1, 0.15) is 6.61 Å². The molecule has 0 spiro atoms. The number of nitrogens with one attached hydrogen (secondary N) is 1. The number of amides is 1. The molecule has 6 heteroatoms. The van der Waals surface area contributed by atoms with E-state index in [-0.39, 0.29) is 18.9 Å². The molecule has 6 nitrogen and oxygen atoms in total. The Morgan fingerprint density at radius 2 is 1.65 bits per heavy atom. The predicted octanol–water partition coefficient (Wildman–Crippen LogP) is 4.61. The molecule has 1 aliphatic rings. The number of nitriles is 1. The summed E-state index contributed by atoms with van der Waals surface area (Å²) in [4.78, 5) is 23.9. The third-order valence-corrected chi connectivity index (χ3v) is 5.43. The van der Waals surface area contributed by atoms with Gasteiger partial charge >= 0.3 is 12.1 Å². The highest BCUT2D eigenvalue weighted by Crippen LogP contribution is 2.44. The first-order valence-corrected chi connectivity index (χ1v) is 9.90. The summed E-state index contributed by atoms with van der Waals surface area (Å²) < 4.78 is 5.52. The van der Waals surface area contributed by atoms with Gasteiger partial charge in [-0.2, -0.15) is 5.26 Å². The molecule has 0 radical (unpaired) electrons. The molecule has 0 heterocycles. The van der Waals surface area contributed by atoms with E-state index in [1.807, 2.05) is 42.5 Å². The summed E-state index contributed by atoms with van der Waals surface area (Å²) in [6, 6.07) is 23.8. The Morgan fingerprint density at radius 1 is 1.00 bits per heavy atom. The van der Waals surface area contributed by atoms with E-state index >= 15 is 0 Å². The van der Waals surface area contributed by atoms with E-state index in [0.717, 1.165) is 22.3 Å². The fourth-order valence-corrected chi connectivity index (χ4v) is 4.03. The van der Waals surface area contributed by atoms with Crippen molar-refractivity contribution >= 4 is 12.1 Å². The fourth-order valence-electron chi connectivity index (χ4n) is 4.03. The molecule has 0 bridgehead atoms. The Kier molecular flexibility index (Phi) is 5.67. The van der Waals surface area contributed by atoms with E-state index in [1.54, 1.807) is 24.3 Å². The lowest BCUT2D eigenvalue weighted by Gasteiger charge is -2.19. The number of alkyl carbamates (subject to hydrolysis) is 1. The maximum Gasteiger partial charge on any atom is 0.407 e. The second kappa shape index (κ2) is 8.72. The van der Waals surface area contributed by atoms with Gasteiger partial charge in [-0.3, -0.25) is 4.79 Å². The molecule has 154 valence electrons. The Morgan fingerprint density at radius 3 is 2.26 bits per heavy atom. The molecule has 1 amide bonds. The van der Waals surface area contributed by atoms with Crippen LogP contribution in [0.2, 0.25) is 0 Å². The summed E-state index contributed by atoms with van der Waals surface area (Å²) in [6.07, 6.45) is -1.02. The van der Waals surface area contributed by atoms with Crippen LogP contribution in [0.1, 0.15) is 40.6 Å². The Bertz CT molecular complexity index is 1140. The van der Waals surface area contributed by atoms with Crippen molar-refractivity contribution < 1.29 is 19.4 Å². The first-order valence-electron chi connectivity index (χ1n) is 9.90. The van der Waals surface area contributed by atoms with Gasteiger partial charge in [-0.15, -0.1) is 0 Å². The zero-order valence-corrected chi connectivity index (χ0v) is 16.6. The monoisotopic (exact) mass is 412 g/mol. The maximum absolute atomic E-state index is 12.6. The van der Waals surface area contributed by atoms with Crippen LogP contribution < -0.4 is 5.32 Å². The van der Waals surface area contributed by atoms with Gasteiger partial charge in [-0.05, 0) is 39.9 Å². The number of rotatable bonds is 6. The number of carbonyl (C=O) groups is 2. The third-order valence-electron chi connectivity index (χ3n) is 5.43. The molecule has 3 aromatic rings. The summed E-state index contributed by atoms with van der Waals surface area (Å²) in [5, 5.41) is 21.0. The minimum absolute atomic E-state index is 0.0852. The van der Waals surface area contributed by atoms with Crippen LogP contribution in [-0.4, -0.2) is 23.8 Å². The number of hydrogen-bond donors (Lipinski definition) is 2. The van der Waals surface area contributed by atoms with Gasteiger partial charge in [0.15, 0.2) is 0 Å². The van der Waals surface area contributed by atoms with E-state index < -0.39 is 18.1 Å². The molecule has 2 N–H and O–H groups in total. The van der Waals surface area contributed by atoms with Crippen LogP contribution in [0, 0.1) is 11.3 Å². The number of ether oxygens (including phenoxy) is 1. The van der Waals surface area contributed by atoms with Gasteiger partial charge < -0.3 is 15.2 Å². The second-order valence-corrected chi connectivity index (χ2v) is 7.36. The molecular weight excluding hydrogens is 392 g/mol. The van der Waals surface area contributed by atoms with Gasteiger partial charge in [-0.25, -0.2) is 4.79 Å². The number of aliphatic carboxylic acids is 1. The van der Waals surface area contributed by atoms with Gasteiger partial charge in [0.25, 0.3) is 0 Å². The number of fused-ring (bicyclic) bond motifs is 3. The van der Waals surface area contributed by atoms with Crippen molar-refractivity contribution in [3.63, 3.8) is 0 Å². The van der Waals surface area contributed by atoms with Crippen LogP contribution in [0.4, 0.5) is 4.79 Å². The normalized spacial score (nSPS) is 12.9.